The SMILES string of the molecule is CSc1ccc(CCCCC2CCNCC2)cc1. The van der Waals surface area contributed by atoms with Gasteiger partial charge in [0, 0.05) is 4.90 Å². The van der Waals surface area contributed by atoms with Gasteiger partial charge >= 0.3 is 0 Å². The molecule has 0 bridgehead atoms. The lowest BCUT2D eigenvalue weighted by atomic mass is 9.92. The van der Waals surface area contributed by atoms with Crippen LogP contribution in [0.4, 0.5) is 0 Å². The number of aryl methyl sites for hydroxylation is 1. The van der Waals surface area contributed by atoms with Gasteiger partial charge in [-0.15, -0.1) is 11.8 Å². The van der Waals surface area contributed by atoms with Crippen molar-refractivity contribution in [1.29, 1.82) is 0 Å². The van der Waals surface area contributed by atoms with Crippen molar-refractivity contribution in [2.75, 3.05) is 19.3 Å². The standard InChI is InChI=1S/C16H25NS/c1-18-16-8-6-14(7-9-16)4-2-3-5-15-10-12-17-13-11-15/h6-9,15,17H,2-5,10-13H2,1H3. The summed E-state index contributed by atoms with van der Waals surface area (Å²) in [6.45, 7) is 2.47. The zero-order valence-electron chi connectivity index (χ0n) is 11.5. The Morgan fingerprint density at radius 2 is 1.83 bits per heavy atom. The van der Waals surface area contributed by atoms with Crippen LogP contribution in [0.5, 0.6) is 0 Å². The lowest BCUT2D eigenvalue weighted by Gasteiger charge is -2.22. The molecule has 2 rings (SSSR count). The van der Waals surface area contributed by atoms with E-state index in [1.165, 1.54) is 62.1 Å². The van der Waals surface area contributed by atoms with Crippen molar-refractivity contribution >= 4 is 11.8 Å². The van der Waals surface area contributed by atoms with E-state index in [-0.39, 0.29) is 0 Å². The predicted octanol–water partition coefficient (Wildman–Crippen LogP) is 4.12. The van der Waals surface area contributed by atoms with Crippen LogP contribution >= 0.6 is 11.8 Å². The lowest BCUT2D eigenvalue weighted by Crippen LogP contribution is -2.27. The number of nitrogens with one attached hydrogen (secondary N) is 1. The first-order valence-electron chi connectivity index (χ1n) is 7.22. The van der Waals surface area contributed by atoms with Crippen molar-refractivity contribution in [2.45, 2.75) is 43.4 Å². The minimum Gasteiger partial charge on any atom is -0.317 e. The largest absolute Gasteiger partial charge is 0.317 e. The fraction of sp³-hybridized carbons (Fsp3) is 0.625. The Morgan fingerprint density at radius 3 is 2.50 bits per heavy atom. The van der Waals surface area contributed by atoms with Gasteiger partial charge in [0.05, 0.1) is 0 Å². The van der Waals surface area contributed by atoms with Gasteiger partial charge in [0.25, 0.3) is 0 Å². The van der Waals surface area contributed by atoms with Crippen molar-refractivity contribution in [3.8, 4) is 0 Å². The average Bonchev–Trinajstić information content (AvgIpc) is 2.45. The molecule has 1 aliphatic heterocycles. The molecule has 1 nitrogen and oxygen atoms in total. The number of unbranched alkanes of at least 4 members (excludes halogenated alkanes) is 1. The van der Waals surface area contributed by atoms with E-state index in [2.05, 4.69) is 35.8 Å². The molecule has 0 aromatic heterocycles. The molecule has 0 atom stereocenters. The second-order valence-corrected chi connectivity index (χ2v) is 6.17. The van der Waals surface area contributed by atoms with Gasteiger partial charge in [0.15, 0.2) is 0 Å². The van der Waals surface area contributed by atoms with E-state index in [4.69, 9.17) is 0 Å². The molecule has 100 valence electrons. The summed E-state index contributed by atoms with van der Waals surface area (Å²) in [6, 6.07) is 9.06. The van der Waals surface area contributed by atoms with Gasteiger partial charge in [0.1, 0.15) is 0 Å². The Balaban J connectivity index is 1.62. The third-order valence-corrected chi connectivity index (χ3v) is 4.69. The Bertz CT molecular complexity index is 327. The minimum atomic E-state index is 0.991. The van der Waals surface area contributed by atoms with Gasteiger partial charge in [-0.25, -0.2) is 0 Å². The molecule has 2 heteroatoms. The van der Waals surface area contributed by atoms with E-state index in [1.807, 2.05) is 11.8 Å². The van der Waals surface area contributed by atoms with Crippen LogP contribution in [0.15, 0.2) is 29.2 Å². The lowest BCUT2D eigenvalue weighted by molar-refractivity contribution is 0.344. The quantitative estimate of drug-likeness (QED) is 0.612. The van der Waals surface area contributed by atoms with Crippen molar-refractivity contribution in [2.24, 2.45) is 5.92 Å². The van der Waals surface area contributed by atoms with Crippen molar-refractivity contribution < 1.29 is 0 Å². The molecule has 18 heavy (non-hydrogen) atoms. The van der Waals surface area contributed by atoms with Crippen molar-refractivity contribution in [1.82, 2.24) is 5.32 Å². The third-order valence-electron chi connectivity index (χ3n) is 3.95. The zero-order valence-corrected chi connectivity index (χ0v) is 12.3. The van der Waals surface area contributed by atoms with Crippen LogP contribution in [0.1, 0.15) is 37.7 Å². The van der Waals surface area contributed by atoms with E-state index in [9.17, 15) is 0 Å². The number of benzene rings is 1. The molecule has 0 aliphatic carbocycles. The molecule has 0 saturated carbocycles. The first-order chi connectivity index (χ1) is 8.88. The zero-order chi connectivity index (χ0) is 12.6. The summed E-state index contributed by atoms with van der Waals surface area (Å²) in [7, 11) is 0. The van der Waals surface area contributed by atoms with Crippen molar-refractivity contribution in [3.63, 3.8) is 0 Å². The molecule has 1 N–H and O–H groups in total. The Hall–Kier alpha value is -0.470. The highest BCUT2D eigenvalue weighted by atomic mass is 32.2. The third kappa shape index (κ3) is 4.66. The fourth-order valence-electron chi connectivity index (χ4n) is 2.72. The molecule has 1 aromatic rings. The monoisotopic (exact) mass is 263 g/mol. The fourth-order valence-corrected chi connectivity index (χ4v) is 3.13. The van der Waals surface area contributed by atoms with E-state index in [0.717, 1.165) is 5.92 Å². The molecule has 0 spiro atoms. The predicted molar refractivity (Wildman–Crippen MR) is 81.4 cm³/mol. The van der Waals surface area contributed by atoms with Gasteiger partial charge in [-0.05, 0) is 68.6 Å². The maximum atomic E-state index is 3.44. The normalized spacial score (nSPS) is 16.9. The molecule has 1 aliphatic rings. The average molecular weight is 263 g/mol. The smallest absolute Gasteiger partial charge is 0.00693 e. The van der Waals surface area contributed by atoms with Crippen LogP contribution in [0.2, 0.25) is 0 Å². The molecule has 0 amide bonds. The van der Waals surface area contributed by atoms with Gasteiger partial charge in [0.2, 0.25) is 0 Å². The summed E-state index contributed by atoms with van der Waals surface area (Å²) in [5.74, 6) is 0.991. The number of thioether (sulfide) groups is 1. The molecule has 0 unspecified atom stereocenters. The van der Waals surface area contributed by atoms with Gasteiger partial charge in [-0.2, -0.15) is 0 Å². The summed E-state index contributed by atoms with van der Waals surface area (Å²) < 4.78 is 0. The minimum absolute atomic E-state index is 0.991. The molecule has 1 fully saturated rings. The summed E-state index contributed by atoms with van der Waals surface area (Å²) in [5.41, 5.74) is 1.50. The number of rotatable bonds is 6. The van der Waals surface area contributed by atoms with E-state index >= 15 is 0 Å². The van der Waals surface area contributed by atoms with E-state index in [1.54, 1.807) is 0 Å². The van der Waals surface area contributed by atoms with E-state index < -0.39 is 0 Å². The highest BCUT2D eigenvalue weighted by Gasteiger charge is 2.11. The number of hydrogen-bond donors (Lipinski definition) is 1. The number of hydrogen-bond acceptors (Lipinski definition) is 2. The summed E-state index contributed by atoms with van der Waals surface area (Å²) in [4.78, 5) is 1.37. The maximum Gasteiger partial charge on any atom is 0.00693 e. The van der Waals surface area contributed by atoms with Gasteiger partial charge in [-0.1, -0.05) is 25.0 Å². The Kier molecular flexibility index (Phi) is 6.09. The van der Waals surface area contributed by atoms with Crippen LogP contribution in [0.3, 0.4) is 0 Å². The highest BCUT2D eigenvalue weighted by molar-refractivity contribution is 7.98. The van der Waals surface area contributed by atoms with Crippen molar-refractivity contribution in [3.05, 3.63) is 29.8 Å². The topological polar surface area (TPSA) is 12.0 Å². The van der Waals surface area contributed by atoms with Gasteiger partial charge in [-0.3, -0.25) is 0 Å². The molecule has 1 saturated heterocycles. The molecule has 0 radical (unpaired) electrons. The van der Waals surface area contributed by atoms with Crippen LogP contribution in [0, 0.1) is 5.92 Å². The molecule has 1 heterocycles. The molecule has 1 aromatic carbocycles. The highest BCUT2D eigenvalue weighted by Crippen LogP contribution is 2.20. The summed E-state index contributed by atoms with van der Waals surface area (Å²) >= 11 is 1.82. The first-order valence-corrected chi connectivity index (χ1v) is 8.44. The van der Waals surface area contributed by atoms with Crippen LogP contribution in [-0.4, -0.2) is 19.3 Å². The van der Waals surface area contributed by atoms with Crippen LogP contribution in [0.25, 0.3) is 0 Å². The second-order valence-electron chi connectivity index (χ2n) is 5.29. The van der Waals surface area contributed by atoms with E-state index in [0.29, 0.717) is 0 Å². The summed E-state index contributed by atoms with van der Waals surface area (Å²) in [6.07, 6.45) is 10.3. The number of piperidine rings is 1. The van der Waals surface area contributed by atoms with Crippen LogP contribution < -0.4 is 5.32 Å². The molecular formula is C16H25NS. The first kappa shape index (κ1) is 14.0. The van der Waals surface area contributed by atoms with Gasteiger partial charge < -0.3 is 5.32 Å². The Labute approximate surface area is 116 Å². The second kappa shape index (κ2) is 7.85. The van der Waals surface area contributed by atoms with Crippen LogP contribution in [-0.2, 0) is 6.42 Å². The Morgan fingerprint density at radius 1 is 1.11 bits per heavy atom. The summed E-state index contributed by atoms with van der Waals surface area (Å²) in [5, 5.41) is 3.44. The maximum absolute atomic E-state index is 3.44. The molecular weight excluding hydrogens is 238 g/mol.